The summed E-state index contributed by atoms with van der Waals surface area (Å²) < 4.78 is 39.7. The highest BCUT2D eigenvalue weighted by Gasteiger charge is 2.16. The quantitative estimate of drug-likeness (QED) is 0.777. The van der Waals surface area contributed by atoms with Crippen LogP contribution in [0.25, 0.3) is 0 Å². The fourth-order valence-corrected chi connectivity index (χ4v) is 1.98. The number of nitrogens with one attached hydrogen (secondary N) is 2. The van der Waals surface area contributed by atoms with Crippen LogP contribution in [0.15, 0.2) is 30.5 Å². The number of nitrogens with zero attached hydrogens (tertiary/aromatic N) is 1. The minimum atomic E-state index is -1.63. The van der Waals surface area contributed by atoms with Crippen LogP contribution in [-0.4, -0.2) is 17.4 Å². The molecule has 0 aliphatic rings. The first kappa shape index (κ1) is 17.8. The van der Waals surface area contributed by atoms with Gasteiger partial charge in [0.05, 0.1) is 5.69 Å². The highest BCUT2D eigenvalue weighted by atomic mass is 19.2. The summed E-state index contributed by atoms with van der Waals surface area (Å²) in [5.74, 6) is -4.58. The molecule has 1 heterocycles. The maximum absolute atomic E-state index is 13.6. The van der Waals surface area contributed by atoms with Crippen molar-refractivity contribution in [1.29, 1.82) is 0 Å². The van der Waals surface area contributed by atoms with E-state index in [9.17, 15) is 18.0 Å². The fraction of sp³-hybridized carbons (Fsp3) is 0.294. The molecule has 2 aromatic rings. The predicted molar refractivity (Wildman–Crippen MR) is 86.5 cm³/mol. The molecule has 0 unspecified atom stereocenters. The van der Waals surface area contributed by atoms with Gasteiger partial charge in [-0.1, -0.05) is 13.8 Å². The minimum absolute atomic E-state index is 0.0358. The number of carbonyl (C=O) groups excluding carboxylic acids is 1. The Labute approximate surface area is 138 Å². The van der Waals surface area contributed by atoms with Gasteiger partial charge in [0.25, 0.3) is 5.91 Å². The van der Waals surface area contributed by atoms with E-state index in [2.05, 4.69) is 29.5 Å². The van der Waals surface area contributed by atoms with Gasteiger partial charge in [0, 0.05) is 18.4 Å². The zero-order chi connectivity index (χ0) is 17.7. The van der Waals surface area contributed by atoms with Gasteiger partial charge in [0.15, 0.2) is 17.5 Å². The van der Waals surface area contributed by atoms with Crippen LogP contribution in [0.1, 0.15) is 30.8 Å². The maximum Gasteiger partial charge on any atom is 0.274 e. The third-order valence-corrected chi connectivity index (χ3v) is 3.33. The summed E-state index contributed by atoms with van der Waals surface area (Å²) in [4.78, 5) is 16.0. The van der Waals surface area contributed by atoms with E-state index in [4.69, 9.17) is 0 Å². The minimum Gasteiger partial charge on any atom is -0.385 e. The van der Waals surface area contributed by atoms with Gasteiger partial charge < -0.3 is 10.6 Å². The second-order valence-electron chi connectivity index (χ2n) is 5.72. The molecule has 1 aromatic carbocycles. The second-order valence-corrected chi connectivity index (χ2v) is 5.72. The van der Waals surface area contributed by atoms with Crippen LogP contribution in [0.2, 0.25) is 0 Å². The molecule has 0 aliphatic carbocycles. The number of carbonyl (C=O) groups is 1. The maximum atomic E-state index is 13.6. The Bertz CT molecular complexity index is 735. The van der Waals surface area contributed by atoms with Crippen molar-refractivity contribution in [1.82, 2.24) is 4.98 Å². The summed E-state index contributed by atoms with van der Waals surface area (Å²) in [7, 11) is 0. The van der Waals surface area contributed by atoms with Gasteiger partial charge in [-0.3, -0.25) is 9.78 Å². The zero-order valence-electron chi connectivity index (χ0n) is 13.4. The van der Waals surface area contributed by atoms with Crippen LogP contribution < -0.4 is 10.6 Å². The zero-order valence-corrected chi connectivity index (χ0v) is 13.4. The molecule has 128 valence electrons. The van der Waals surface area contributed by atoms with Crippen molar-refractivity contribution in [3.05, 3.63) is 53.6 Å². The molecule has 7 heteroatoms. The monoisotopic (exact) mass is 337 g/mol. The van der Waals surface area contributed by atoms with Crippen molar-refractivity contribution in [2.75, 3.05) is 17.2 Å². The average molecular weight is 337 g/mol. The molecule has 0 aliphatic heterocycles. The topological polar surface area (TPSA) is 54.0 Å². The van der Waals surface area contributed by atoms with Crippen molar-refractivity contribution >= 4 is 17.3 Å². The summed E-state index contributed by atoms with van der Waals surface area (Å²) in [5.41, 5.74) is 0.286. The first-order chi connectivity index (χ1) is 11.4. The van der Waals surface area contributed by atoms with Crippen molar-refractivity contribution < 1.29 is 18.0 Å². The summed E-state index contributed by atoms with van der Waals surface area (Å²) in [5, 5.41) is 5.34. The largest absolute Gasteiger partial charge is 0.385 e. The number of pyridine rings is 1. The number of halogens is 3. The van der Waals surface area contributed by atoms with Crippen LogP contribution in [0, 0.1) is 23.4 Å². The van der Waals surface area contributed by atoms with E-state index < -0.39 is 29.0 Å². The predicted octanol–water partition coefficient (Wildman–Crippen LogP) is 4.21. The summed E-state index contributed by atoms with van der Waals surface area (Å²) in [6.07, 6.45) is 2.40. The van der Waals surface area contributed by atoms with Crippen molar-refractivity contribution in [2.24, 2.45) is 5.92 Å². The molecule has 1 amide bonds. The van der Waals surface area contributed by atoms with Crippen LogP contribution in [-0.2, 0) is 0 Å². The van der Waals surface area contributed by atoms with Gasteiger partial charge in [-0.2, -0.15) is 0 Å². The second kappa shape index (κ2) is 7.81. The van der Waals surface area contributed by atoms with Crippen LogP contribution >= 0.6 is 0 Å². The molecule has 0 atom stereocenters. The normalized spacial score (nSPS) is 10.8. The van der Waals surface area contributed by atoms with Crippen LogP contribution in [0.5, 0.6) is 0 Å². The Hall–Kier alpha value is -2.57. The number of benzene rings is 1. The lowest BCUT2D eigenvalue weighted by atomic mass is 10.1. The number of anilines is 2. The molecular weight excluding hydrogens is 319 g/mol. The Morgan fingerprint density at radius 2 is 1.92 bits per heavy atom. The van der Waals surface area contributed by atoms with Crippen LogP contribution in [0.3, 0.4) is 0 Å². The first-order valence-electron chi connectivity index (χ1n) is 7.53. The lowest BCUT2D eigenvalue weighted by Gasteiger charge is -2.10. The highest BCUT2D eigenvalue weighted by Crippen LogP contribution is 2.20. The summed E-state index contributed by atoms with van der Waals surface area (Å²) >= 11 is 0. The van der Waals surface area contributed by atoms with Crippen molar-refractivity contribution in [2.45, 2.75) is 20.3 Å². The van der Waals surface area contributed by atoms with E-state index in [1.54, 1.807) is 6.07 Å². The number of aromatic nitrogens is 1. The molecule has 24 heavy (non-hydrogen) atoms. The van der Waals surface area contributed by atoms with Crippen molar-refractivity contribution in [3.8, 4) is 0 Å². The number of rotatable bonds is 6. The number of hydrogen-bond donors (Lipinski definition) is 2. The van der Waals surface area contributed by atoms with E-state index in [1.165, 1.54) is 12.3 Å². The summed E-state index contributed by atoms with van der Waals surface area (Å²) in [6.45, 7) is 4.94. The Morgan fingerprint density at radius 3 is 2.62 bits per heavy atom. The fourth-order valence-electron chi connectivity index (χ4n) is 1.98. The van der Waals surface area contributed by atoms with E-state index >= 15 is 0 Å². The van der Waals surface area contributed by atoms with Gasteiger partial charge in [-0.15, -0.1) is 0 Å². The smallest absolute Gasteiger partial charge is 0.274 e. The molecule has 0 radical (unpaired) electrons. The van der Waals surface area contributed by atoms with Crippen molar-refractivity contribution in [3.63, 3.8) is 0 Å². The molecule has 2 rings (SSSR count). The summed E-state index contributed by atoms with van der Waals surface area (Å²) in [6, 6.07) is 4.91. The molecule has 2 N–H and O–H groups in total. The Balaban J connectivity index is 2.09. The highest BCUT2D eigenvalue weighted by molar-refractivity contribution is 6.03. The van der Waals surface area contributed by atoms with E-state index in [1.807, 2.05) is 0 Å². The molecular formula is C17H18F3N3O. The standard InChI is InChI=1S/C17H18F3N3O/c1-10(2)5-7-21-11-6-8-22-14(9-11)17(24)23-13-4-3-12(18)15(19)16(13)20/h3-4,6,8-10H,5,7H2,1-2H3,(H,21,22)(H,23,24). The van der Waals surface area contributed by atoms with Gasteiger partial charge in [0.2, 0.25) is 0 Å². The first-order valence-corrected chi connectivity index (χ1v) is 7.53. The molecule has 0 spiro atoms. The third kappa shape index (κ3) is 4.47. The van der Waals surface area contributed by atoms with E-state index in [-0.39, 0.29) is 5.69 Å². The van der Waals surface area contributed by atoms with E-state index in [0.717, 1.165) is 25.1 Å². The lowest BCUT2D eigenvalue weighted by Crippen LogP contribution is -2.16. The number of hydrogen-bond acceptors (Lipinski definition) is 3. The molecule has 0 bridgehead atoms. The number of amides is 1. The molecule has 4 nitrogen and oxygen atoms in total. The SMILES string of the molecule is CC(C)CCNc1ccnc(C(=O)Nc2ccc(F)c(F)c2F)c1. The molecule has 0 saturated carbocycles. The molecule has 0 fully saturated rings. The van der Waals surface area contributed by atoms with Crippen LogP contribution in [0.4, 0.5) is 24.5 Å². The molecule has 1 aromatic heterocycles. The third-order valence-electron chi connectivity index (χ3n) is 3.33. The molecule has 0 saturated heterocycles. The van der Waals surface area contributed by atoms with Gasteiger partial charge >= 0.3 is 0 Å². The average Bonchev–Trinajstić information content (AvgIpc) is 2.55. The Morgan fingerprint density at radius 1 is 1.17 bits per heavy atom. The van der Waals surface area contributed by atoms with E-state index in [0.29, 0.717) is 11.6 Å². The lowest BCUT2D eigenvalue weighted by molar-refractivity contribution is 0.102. The van der Waals surface area contributed by atoms with Gasteiger partial charge in [0.1, 0.15) is 5.69 Å². The Kier molecular flexibility index (Phi) is 5.78. The van der Waals surface area contributed by atoms with Gasteiger partial charge in [-0.25, -0.2) is 13.2 Å². The van der Waals surface area contributed by atoms with Gasteiger partial charge in [-0.05, 0) is 36.6 Å².